The lowest BCUT2D eigenvalue weighted by atomic mass is 9.98. The highest BCUT2D eigenvalue weighted by Crippen LogP contribution is 2.35. The van der Waals surface area contributed by atoms with Gasteiger partial charge in [-0.3, -0.25) is 4.79 Å². The number of ether oxygens (including phenoxy) is 1. The predicted octanol–water partition coefficient (Wildman–Crippen LogP) is 7.17. The lowest BCUT2D eigenvalue weighted by Gasteiger charge is -2.32. The van der Waals surface area contributed by atoms with Gasteiger partial charge in [-0.1, -0.05) is 41.4 Å². The molecule has 8 nitrogen and oxygen atoms in total. The topological polar surface area (TPSA) is 108 Å². The number of halogens is 3. The van der Waals surface area contributed by atoms with Crippen molar-refractivity contribution in [3.63, 3.8) is 0 Å². The van der Waals surface area contributed by atoms with Gasteiger partial charge in [-0.05, 0) is 79.8 Å². The maximum Gasteiger partial charge on any atom is 0.335 e. The summed E-state index contributed by atoms with van der Waals surface area (Å²) < 4.78 is 21.9. The molecule has 0 unspecified atom stereocenters. The quantitative estimate of drug-likeness (QED) is 0.237. The molecule has 216 valence electrons. The summed E-state index contributed by atoms with van der Waals surface area (Å²) in [7, 11) is 0. The van der Waals surface area contributed by atoms with Crippen LogP contribution < -0.4 is 15.4 Å². The van der Waals surface area contributed by atoms with Gasteiger partial charge >= 0.3 is 12.0 Å². The highest BCUT2D eigenvalue weighted by Gasteiger charge is 2.45. The Morgan fingerprint density at radius 2 is 1.68 bits per heavy atom. The Balaban J connectivity index is 1.37. The van der Waals surface area contributed by atoms with Gasteiger partial charge in [0.2, 0.25) is 11.7 Å². The van der Waals surface area contributed by atoms with Crippen LogP contribution in [0.25, 0.3) is 0 Å². The smallest absolute Gasteiger partial charge is 0.335 e. The van der Waals surface area contributed by atoms with Crippen LogP contribution in [0.1, 0.15) is 45.5 Å². The molecular weight excluding hydrogens is 572 g/mol. The maximum absolute atomic E-state index is 16.0. The molecule has 1 heterocycles. The summed E-state index contributed by atoms with van der Waals surface area (Å²) in [5.74, 6) is -2.99. The number of anilines is 2. The van der Waals surface area contributed by atoms with Gasteiger partial charge in [0.05, 0.1) is 27.7 Å². The third-order valence-corrected chi connectivity index (χ3v) is 7.82. The summed E-state index contributed by atoms with van der Waals surface area (Å²) in [6, 6.07) is 12.5. The van der Waals surface area contributed by atoms with E-state index in [1.54, 1.807) is 63.2 Å². The highest BCUT2D eigenvalue weighted by molar-refractivity contribution is 6.39. The number of nitrogens with zero attached hydrogens (tertiary/aromatic N) is 1. The molecular formula is C30H30Cl2FN3O5. The molecule has 3 amide bonds. The molecule has 3 aromatic rings. The van der Waals surface area contributed by atoms with E-state index in [1.807, 2.05) is 0 Å². The zero-order valence-electron chi connectivity index (χ0n) is 22.8. The molecule has 11 heteroatoms. The number of urea groups is 1. The van der Waals surface area contributed by atoms with Crippen LogP contribution in [0.5, 0.6) is 5.75 Å². The number of alkyl halides is 1. The predicted molar refractivity (Wildman–Crippen MR) is 157 cm³/mol. The van der Waals surface area contributed by atoms with E-state index in [-0.39, 0.29) is 43.2 Å². The first-order valence-corrected chi connectivity index (χ1v) is 13.7. The Morgan fingerprint density at radius 3 is 2.32 bits per heavy atom. The molecule has 1 fully saturated rings. The molecule has 0 bridgehead atoms. The summed E-state index contributed by atoms with van der Waals surface area (Å²) in [5, 5.41) is 15.3. The third kappa shape index (κ3) is 6.74. The van der Waals surface area contributed by atoms with Crippen LogP contribution in [-0.2, 0) is 11.2 Å². The van der Waals surface area contributed by atoms with Crippen molar-refractivity contribution in [2.75, 3.05) is 23.8 Å². The zero-order chi connectivity index (χ0) is 29.9. The summed E-state index contributed by atoms with van der Waals surface area (Å²) >= 11 is 12.2. The Labute approximate surface area is 247 Å². The first-order valence-electron chi connectivity index (χ1n) is 13.0. The van der Waals surface area contributed by atoms with E-state index in [2.05, 4.69) is 10.6 Å². The first-order chi connectivity index (χ1) is 19.4. The number of hydrogen-bond acceptors (Lipinski definition) is 4. The number of rotatable bonds is 8. The monoisotopic (exact) mass is 601 g/mol. The van der Waals surface area contributed by atoms with Crippen LogP contribution in [0.2, 0.25) is 10.0 Å². The maximum atomic E-state index is 16.0. The second-order valence-electron chi connectivity index (χ2n) is 10.0. The number of aromatic carboxylic acids is 1. The van der Waals surface area contributed by atoms with Crippen molar-refractivity contribution in [3.8, 4) is 5.75 Å². The number of benzene rings is 3. The lowest BCUT2D eigenvalue weighted by molar-refractivity contribution is -0.144. The molecule has 0 aromatic heterocycles. The van der Waals surface area contributed by atoms with Gasteiger partial charge in [0, 0.05) is 18.7 Å². The molecule has 1 atom stereocenters. The third-order valence-electron chi connectivity index (χ3n) is 7.19. The number of nitrogens with one attached hydrogen (secondary N) is 2. The van der Waals surface area contributed by atoms with Gasteiger partial charge in [-0.15, -0.1) is 0 Å². The molecule has 1 saturated heterocycles. The van der Waals surface area contributed by atoms with Crippen LogP contribution in [0.4, 0.5) is 20.6 Å². The number of para-hydroxylation sites is 1. The fourth-order valence-corrected chi connectivity index (χ4v) is 5.39. The largest absolute Gasteiger partial charge is 0.488 e. The molecule has 3 aromatic carbocycles. The van der Waals surface area contributed by atoms with Crippen molar-refractivity contribution in [1.82, 2.24) is 4.90 Å². The summed E-state index contributed by atoms with van der Waals surface area (Å²) in [6.07, 6.45) is 0.599. The van der Waals surface area contributed by atoms with Crippen molar-refractivity contribution in [1.29, 1.82) is 0 Å². The van der Waals surface area contributed by atoms with Gasteiger partial charge in [-0.2, -0.15) is 0 Å². The van der Waals surface area contributed by atoms with E-state index >= 15 is 4.39 Å². The number of likely N-dealkylation sites (tertiary alicyclic amines) is 1. The van der Waals surface area contributed by atoms with E-state index in [4.69, 9.17) is 27.9 Å². The number of carbonyl (C=O) groups excluding carboxylic acids is 2. The summed E-state index contributed by atoms with van der Waals surface area (Å²) in [4.78, 5) is 38.2. The van der Waals surface area contributed by atoms with Crippen molar-refractivity contribution in [3.05, 3.63) is 86.4 Å². The highest BCUT2D eigenvalue weighted by atomic mass is 35.5. The number of aryl methyl sites for hydroxylation is 1. The summed E-state index contributed by atoms with van der Waals surface area (Å²) in [5.41, 5.74) is 3.35. The standard InChI is InChI=1S/C30H30Cl2FN3O5/c1-17-14-22(28(38)39)18(2)19(3)27(17)41-16-30(33)12-5-13-36(30)25(37)15-20-8-10-21(11-9-20)34-29(40)35-26-23(31)6-4-7-24(26)32/h4,6-11,14H,5,12-13,15-16H2,1-3H3,(H,38,39)(H2,34,35,40)/t30-/m1/s1. The lowest BCUT2D eigenvalue weighted by Crippen LogP contribution is -2.48. The second kappa shape index (κ2) is 12.4. The molecule has 0 radical (unpaired) electrons. The van der Waals surface area contributed by atoms with E-state index in [0.717, 1.165) is 0 Å². The number of carboxylic acids is 1. The van der Waals surface area contributed by atoms with Crippen LogP contribution in [0, 0.1) is 20.8 Å². The fourth-order valence-electron chi connectivity index (χ4n) is 4.90. The van der Waals surface area contributed by atoms with Crippen molar-refractivity contribution in [2.45, 2.75) is 45.8 Å². The Hall–Kier alpha value is -3.82. The minimum atomic E-state index is -1.99. The molecule has 4 rings (SSSR count). The number of hydrogen-bond donors (Lipinski definition) is 3. The van der Waals surface area contributed by atoms with Gasteiger partial charge in [0.15, 0.2) is 0 Å². The van der Waals surface area contributed by atoms with Crippen LogP contribution in [0.3, 0.4) is 0 Å². The average molecular weight is 602 g/mol. The van der Waals surface area contributed by atoms with Crippen LogP contribution >= 0.6 is 23.2 Å². The van der Waals surface area contributed by atoms with Crippen molar-refractivity contribution >= 4 is 52.5 Å². The van der Waals surface area contributed by atoms with Crippen molar-refractivity contribution < 1.29 is 28.6 Å². The molecule has 1 aliphatic rings. The molecule has 3 N–H and O–H groups in total. The van der Waals surface area contributed by atoms with Crippen molar-refractivity contribution in [2.24, 2.45) is 0 Å². The number of carboxylic acid groups (broad SMARTS) is 1. The van der Waals surface area contributed by atoms with Gasteiger partial charge in [0.1, 0.15) is 12.4 Å². The SMILES string of the molecule is Cc1cc(C(=O)O)c(C)c(C)c1OC[C@@]1(F)CCCN1C(=O)Cc1ccc(NC(=O)Nc2c(Cl)cccc2Cl)cc1. The number of carbonyl (C=O) groups is 3. The van der Waals surface area contributed by atoms with Gasteiger partial charge in [-0.25, -0.2) is 14.0 Å². The Kier molecular flexibility index (Phi) is 9.09. The Bertz CT molecular complexity index is 1480. The van der Waals surface area contributed by atoms with Crippen LogP contribution in [0.15, 0.2) is 48.5 Å². The molecule has 0 aliphatic carbocycles. The second-order valence-corrected chi connectivity index (χ2v) is 10.8. The molecule has 0 spiro atoms. The Morgan fingerprint density at radius 1 is 1.02 bits per heavy atom. The van der Waals surface area contributed by atoms with E-state index < -0.39 is 17.8 Å². The normalized spacial score (nSPS) is 16.4. The van der Waals surface area contributed by atoms with E-state index in [0.29, 0.717) is 50.2 Å². The van der Waals surface area contributed by atoms with Gasteiger partial charge < -0.3 is 25.4 Å². The average Bonchev–Trinajstić information content (AvgIpc) is 3.31. The minimum absolute atomic E-state index is 0.0299. The van der Waals surface area contributed by atoms with Crippen LogP contribution in [-0.4, -0.2) is 46.9 Å². The molecule has 0 saturated carbocycles. The van der Waals surface area contributed by atoms with E-state index in [9.17, 15) is 19.5 Å². The molecule has 1 aliphatic heterocycles. The molecule has 41 heavy (non-hydrogen) atoms. The minimum Gasteiger partial charge on any atom is -0.488 e. The van der Waals surface area contributed by atoms with E-state index in [1.165, 1.54) is 11.0 Å². The zero-order valence-corrected chi connectivity index (χ0v) is 24.3. The number of amides is 3. The first kappa shape index (κ1) is 30.1. The van der Waals surface area contributed by atoms with Gasteiger partial charge in [0.25, 0.3) is 0 Å². The summed E-state index contributed by atoms with van der Waals surface area (Å²) in [6.45, 7) is 5.03. The fraction of sp³-hybridized carbons (Fsp3) is 0.300.